The van der Waals surface area contributed by atoms with Gasteiger partial charge in [0.15, 0.2) is 0 Å². The molecule has 2 rings (SSSR count). The van der Waals surface area contributed by atoms with Crippen molar-refractivity contribution in [3.05, 3.63) is 35.4 Å². The van der Waals surface area contributed by atoms with Crippen LogP contribution in [0.1, 0.15) is 50.8 Å². The van der Waals surface area contributed by atoms with Gasteiger partial charge in [-0.15, -0.1) is 0 Å². The molecular weight excluding hydrogens is 244 g/mol. The molecule has 2 heteroatoms. The van der Waals surface area contributed by atoms with Gasteiger partial charge in [0, 0.05) is 12.6 Å². The smallest absolute Gasteiger partial charge is 0.0501 e. The first-order chi connectivity index (χ1) is 9.54. The summed E-state index contributed by atoms with van der Waals surface area (Å²) in [5.41, 5.74) is 9.27. The van der Waals surface area contributed by atoms with Crippen molar-refractivity contribution in [1.29, 1.82) is 0 Å². The van der Waals surface area contributed by atoms with Gasteiger partial charge in [0.2, 0.25) is 0 Å². The van der Waals surface area contributed by atoms with E-state index in [1.54, 1.807) is 0 Å². The zero-order valence-electron chi connectivity index (χ0n) is 13.5. The lowest BCUT2D eigenvalue weighted by molar-refractivity contribution is 0.195. The van der Waals surface area contributed by atoms with E-state index >= 15 is 0 Å². The molecule has 2 nitrogen and oxygen atoms in total. The molecule has 0 spiro atoms. The van der Waals surface area contributed by atoms with Gasteiger partial charge in [-0.1, -0.05) is 45.0 Å². The second kappa shape index (κ2) is 6.73. The molecule has 0 aromatic heterocycles. The van der Waals surface area contributed by atoms with Gasteiger partial charge in [0.05, 0.1) is 6.04 Å². The van der Waals surface area contributed by atoms with Crippen LogP contribution in [0.25, 0.3) is 0 Å². The molecular formula is C18H30N2. The molecule has 20 heavy (non-hydrogen) atoms. The van der Waals surface area contributed by atoms with Crippen molar-refractivity contribution in [1.82, 2.24) is 4.90 Å². The topological polar surface area (TPSA) is 29.3 Å². The second-order valence-corrected chi connectivity index (χ2v) is 6.66. The van der Waals surface area contributed by atoms with E-state index in [0.29, 0.717) is 6.04 Å². The summed E-state index contributed by atoms with van der Waals surface area (Å²) in [5, 5.41) is 0. The summed E-state index contributed by atoms with van der Waals surface area (Å²) in [4.78, 5) is 2.63. The Labute approximate surface area is 124 Å². The molecule has 1 saturated heterocycles. The number of likely N-dealkylation sites (tertiary alicyclic amines) is 1. The Morgan fingerprint density at radius 1 is 1.30 bits per heavy atom. The van der Waals surface area contributed by atoms with Crippen molar-refractivity contribution in [2.24, 2.45) is 17.6 Å². The van der Waals surface area contributed by atoms with E-state index in [4.69, 9.17) is 5.73 Å². The van der Waals surface area contributed by atoms with Crippen molar-refractivity contribution in [2.75, 3.05) is 13.1 Å². The molecule has 1 aliphatic rings. The molecule has 3 unspecified atom stereocenters. The molecule has 3 atom stereocenters. The van der Waals surface area contributed by atoms with Crippen LogP contribution in [-0.4, -0.2) is 24.0 Å². The minimum absolute atomic E-state index is 0.224. The molecule has 0 radical (unpaired) electrons. The van der Waals surface area contributed by atoms with E-state index in [2.05, 4.69) is 56.9 Å². The number of nitrogens with zero attached hydrogens (tertiary/aromatic N) is 1. The van der Waals surface area contributed by atoms with Gasteiger partial charge >= 0.3 is 0 Å². The SMILES string of the molecule is CCC(N)C(c1ccccc1C)N1CCC(C(C)C)C1. The number of hydrogen-bond acceptors (Lipinski definition) is 2. The number of aryl methyl sites for hydroxylation is 1. The van der Waals surface area contributed by atoms with Crippen LogP contribution in [0.5, 0.6) is 0 Å². The molecule has 0 amide bonds. The van der Waals surface area contributed by atoms with Crippen molar-refractivity contribution in [2.45, 2.75) is 52.6 Å². The van der Waals surface area contributed by atoms with E-state index in [-0.39, 0.29) is 6.04 Å². The third kappa shape index (κ3) is 3.24. The first-order valence-electron chi connectivity index (χ1n) is 8.09. The summed E-state index contributed by atoms with van der Waals surface area (Å²) in [5.74, 6) is 1.60. The standard InChI is InChI=1S/C18H30N2/c1-5-17(19)18(16-9-7-6-8-14(16)4)20-11-10-15(12-20)13(2)3/h6-9,13,15,17-18H,5,10-12,19H2,1-4H3. The third-order valence-electron chi connectivity index (χ3n) is 4.98. The highest BCUT2D eigenvalue weighted by atomic mass is 15.2. The van der Waals surface area contributed by atoms with Crippen molar-refractivity contribution in [3.63, 3.8) is 0 Å². The maximum absolute atomic E-state index is 6.48. The Balaban J connectivity index is 2.24. The summed E-state index contributed by atoms with van der Waals surface area (Å²) in [6.45, 7) is 11.5. The van der Waals surface area contributed by atoms with Crippen LogP contribution >= 0.6 is 0 Å². The van der Waals surface area contributed by atoms with Crippen molar-refractivity contribution < 1.29 is 0 Å². The quantitative estimate of drug-likeness (QED) is 0.886. The number of hydrogen-bond donors (Lipinski definition) is 1. The molecule has 1 aromatic carbocycles. The van der Waals surface area contributed by atoms with Crippen LogP contribution in [0.4, 0.5) is 0 Å². The molecule has 1 aromatic rings. The highest BCUT2D eigenvalue weighted by molar-refractivity contribution is 5.30. The monoisotopic (exact) mass is 274 g/mol. The van der Waals surface area contributed by atoms with Gasteiger partial charge in [-0.25, -0.2) is 0 Å². The van der Waals surface area contributed by atoms with Gasteiger partial charge in [-0.05, 0) is 49.3 Å². The number of nitrogens with two attached hydrogens (primary N) is 1. The lowest BCUT2D eigenvalue weighted by Crippen LogP contribution is -2.40. The van der Waals surface area contributed by atoms with Gasteiger partial charge in [-0.2, -0.15) is 0 Å². The van der Waals surface area contributed by atoms with Crippen LogP contribution in [0.3, 0.4) is 0 Å². The Bertz CT molecular complexity index is 427. The lowest BCUT2D eigenvalue weighted by Gasteiger charge is -2.34. The molecule has 1 fully saturated rings. The maximum atomic E-state index is 6.48. The Hall–Kier alpha value is -0.860. The fourth-order valence-corrected chi connectivity index (χ4v) is 3.45. The predicted octanol–water partition coefficient (Wildman–Crippen LogP) is 3.75. The zero-order chi connectivity index (χ0) is 14.7. The summed E-state index contributed by atoms with van der Waals surface area (Å²) in [6.07, 6.45) is 2.35. The van der Waals surface area contributed by atoms with Gasteiger partial charge in [-0.3, -0.25) is 4.90 Å². The highest BCUT2D eigenvalue weighted by Gasteiger charge is 2.33. The van der Waals surface area contributed by atoms with E-state index < -0.39 is 0 Å². The Kier molecular flexibility index (Phi) is 5.22. The van der Waals surface area contributed by atoms with Crippen LogP contribution < -0.4 is 5.73 Å². The first-order valence-corrected chi connectivity index (χ1v) is 8.09. The van der Waals surface area contributed by atoms with Crippen LogP contribution in [0.2, 0.25) is 0 Å². The molecule has 112 valence electrons. The van der Waals surface area contributed by atoms with E-state index in [1.807, 2.05) is 0 Å². The predicted molar refractivity (Wildman–Crippen MR) is 86.7 cm³/mol. The largest absolute Gasteiger partial charge is 0.326 e. The average Bonchev–Trinajstić information content (AvgIpc) is 2.90. The van der Waals surface area contributed by atoms with E-state index in [1.165, 1.54) is 30.6 Å². The molecule has 0 saturated carbocycles. The summed E-state index contributed by atoms with van der Waals surface area (Å²) < 4.78 is 0. The second-order valence-electron chi connectivity index (χ2n) is 6.66. The van der Waals surface area contributed by atoms with E-state index in [0.717, 1.165) is 18.3 Å². The molecule has 0 bridgehead atoms. The van der Waals surface area contributed by atoms with Gasteiger partial charge in [0.25, 0.3) is 0 Å². The fourth-order valence-electron chi connectivity index (χ4n) is 3.45. The number of benzene rings is 1. The molecule has 1 aliphatic heterocycles. The Morgan fingerprint density at radius 2 is 2.00 bits per heavy atom. The maximum Gasteiger partial charge on any atom is 0.0501 e. The number of rotatable bonds is 5. The van der Waals surface area contributed by atoms with Crippen molar-refractivity contribution in [3.8, 4) is 0 Å². The summed E-state index contributed by atoms with van der Waals surface area (Å²) >= 11 is 0. The summed E-state index contributed by atoms with van der Waals surface area (Å²) in [7, 11) is 0. The van der Waals surface area contributed by atoms with Crippen LogP contribution in [0, 0.1) is 18.8 Å². The van der Waals surface area contributed by atoms with Crippen LogP contribution in [0.15, 0.2) is 24.3 Å². The van der Waals surface area contributed by atoms with Gasteiger partial charge in [0.1, 0.15) is 0 Å². The first kappa shape index (κ1) is 15.5. The van der Waals surface area contributed by atoms with Crippen LogP contribution in [-0.2, 0) is 0 Å². The highest BCUT2D eigenvalue weighted by Crippen LogP contribution is 2.34. The molecule has 2 N–H and O–H groups in total. The van der Waals surface area contributed by atoms with E-state index in [9.17, 15) is 0 Å². The lowest BCUT2D eigenvalue weighted by atomic mass is 9.92. The molecule has 0 aliphatic carbocycles. The minimum atomic E-state index is 0.224. The summed E-state index contributed by atoms with van der Waals surface area (Å²) in [6, 6.07) is 9.34. The normalized spacial score (nSPS) is 23.2. The van der Waals surface area contributed by atoms with Gasteiger partial charge < -0.3 is 5.73 Å². The third-order valence-corrected chi connectivity index (χ3v) is 4.98. The average molecular weight is 274 g/mol. The Morgan fingerprint density at radius 3 is 2.55 bits per heavy atom. The fraction of sp³-hybridized carbons (Fsp3) is 0.667. The minimum Gasteiger partial charge on any atom is -0.326 e. The van der Waals surface area contributed by atoms with Crippen molar-refractivity contribution >= 4 is 0 Å². The zero-order valence-corrected chi connectivity index (χ0v) is 13.5. The molecule has 1 heterocycles.